The zero-order valence-electron chi connectivity index (χ0n) is 10.7. The summed E-state index contributed by atoms with van der Waals surface area (Å²) < 4.78 is 5.08. The van der Waals surface area contributed by atoms with Crippen LogP contribution in [0, 0.1) is 16.7 Å². The van der Waals surface area contributed by atoms with Gasteiger partial charge in [-0.25, -0.2) is 0 Å². The SMILES string of the molecule is N#CC1(C(=O)NCc2nc(-c3ccccc3)no2)CC1. The van der Waals surface area contributed by atoms with E-state index in [0.29, 0.717) is 24.6 Å². The summed E-state index contributed by atoms with van der Waals surface area (Å²) in [6.07, 6.45) is 1.24. The van der Waals surface area contributed by atoms with Gasteiger partial charge in [0.25, 0.3) is 0 Å². The molecule has 3 rings (SSSR count). The number of nitrogens with zero attached hydrogens (tertiary/aromatic N) is 3. The molecule has 0 atom stereocenters. The molecule has 0 unspecified atom stereocenters. The van der Waals surface area contributed by atoms with Gasteiger partial charge in [0.15, 0.2) is 0 Å². The first-order valence-electron chi connectivity index (χ1n) is 6.31. The zero-order valence-corrected chi connectivity index (χ0v) is 10.7. The smallest absolute Gasteiger partial charge is 0.246 e. The van der Waals surface area contributed by atoms with Crippen molar-refractivity contribution < 1.29 is 9.32 Å². The molecule has 1 aromatic heterocycles. The second-order valence-corrected chi connectivity index (χ2v) is 4.75. The molecule has 1 heterocycles. The summed E-state index contributed by atoms with van der Waals surface area (Å²) in [4.78, 5) is 16.0. The van der Waals surface area contributed by atoms with Gasteiger partial charge in [-0.2, -0.15) is 10.2 Å². The molecule has 100 valence electrons. The third-order valence-corrected chi connectivity index (χ3v) is 3.30. The Morgan fingerprint density at radius 3 is 2.80 bits per heavy atom. The maximum Gasteiger partial charge on any atom is 0.246 e. The number of amides is 1. The van der Waals surface area contributed by atoms with Crippen molar-refractivity contribution in [3.8, 4) is 17.5 Å². The molecule has 2 aromatic rings. The first-order valence-corrected chi connectivity index (χ1v) is 6.31. The highest BCUT2D eigenvalue weighted by molar-refractivity contribution is 5.88. The van der Waals surface area contributed by atoms with Crippen molar-refractivity contribution in [2.45, 2.75) is 19.4 Å². The molecule has 0 aliphatic heterocycles. The number of carbonyl (C=O) groups is 1. The summed E-state index contributed by atoms with van der Waals surface area (Å²) in [6.45, 7) is 0.141. The van der Waals surface area contributed by atoms with Crippen LogP contribution in [0.3, 0.4) is 0 Å². The van der Waals surface area contributed by atoms with Crippen molar-refractivity contribution in [3.63, 3.8) is 0 Å². The topological polar surface area (TPSA) is 91.8 Å². The Kier molecular flexibility index (Phi) is 2.95. The van der Waals surface area contributed by atoms with E-state index in [1.54, 1.807) is 0 Å². The standard InChI is InChI=1S/C14H12N4O2/c15-9-14(6-7-14)13(19)16-8-11-17-12(18-20-11)10-4-2-1-3-5-10/h1-5H,6-8H2,(H,16,19). The van der Waals surface area contributed by atoms with E-state index in [4.69, 9.17) is 9.78 Å². The van der Waals surface area contributed by atoms with E-state index in [2.05, 4.69) is 15.5 Å². The van der Waals surface area contributed by atoms with Crippen molar-refractivity contribution in [1.82, 2.24) is 15.5 Å². The molecule has 6 nitrogen and oxygen atoms in total. The molecule has 1 amide bonds. The van der Waals surface area contributed by atoms with Crippen molar-refractivity contribution >= 4 is 5.91 Å². The molecule has 1 aliphatic carbocycles. The fourth-order valence-electron chi connectivity index (χ4n) is 1.87. The quantitative estimate of drug-likeness (QED) is 0.910. The molecule has 1 aliphatic rings. The summed E-state index contributed by atoms with van der Waals surface area (Å²) in [6, 6.07) is 11.5. The number of nitrogens with one attached hydrogen (secondary N) is 1. The molecular weight excluding hydrogens is 256 g/mol. The summed E-state index contributed by atoms with van der Waals surface area (Å²) in [5.74, 6) is 0.543. The van der Waals surface area contributed by atoms with Crippen molar-refractivity contribution in [1.29, 1.82) is 5.26 Å². The first kappa shape index (κ1) is 12.4. The molecule has 1 saturated carbocycles. The Balaban J connectivity index is 1.64. The molecule has 20 heavy (non-hydrogen) atoms. The number of nitriles is 1. The van der Waals surface area contributed by atoms with E-state index in [1.807, 2.05) is 36.4 Å². The van der Waals surface area contributed by atoms with Crippen LogP contribution >= 0.6 is 0 Å². The van der Waals surface area contributed by atoms with Crippen LogP contribution in [-0.2, 0) is 11.3 Å². The van der Waals surface area contributed by atoms with Gasteiger partial charge in [0.2, 0.25) is 17.6 Å². The van der Waals surface area contributed by atoms with Gasteiger partial charge in [-0.15, -0.1) is 0 Å². The molecule has 0 bridgehead atoms. The molecule has 0 spiro atoms. The number of benzene rings is 1. The Morgan fingerprint density at radius 2 is 2.15 bits per heavy atom. The molecule has 0 saturated heterocycles. The van der Waals surface area contributed by atoms with Crippen LogP contribution in [0.4, 0.5) is 0 Å². The second kappa shape index (κ2) is 4.78. The van der Waals surface area contributed by atoms with Crippen molar-refractivity contribution in [3.05, 3.63) is 36.2 Å². The predicted molar refractivity (Wildman–Crippen MR) is 68.9 cm³/mol. The van der Waals surface area contributed by atoms with E-state index >= 15 is 0 Å². The lowest BCUT2D eigenvalue weighted by Crippen LogP contribution is -2.30. The summed E-state index contributed by atoms with van der Waals surface area (Å²) >= 11 is 0. The summed E-state index contributed by atoms with van der Waals surface area (Å²) in [5, 5.41) is 15.4. The van der Waals surface area contributed by atoms with Crippen LogP contribution < -0.4 is 5.32 Å². The van der Waals surface area contributed by atoms with Crippen LogP contribution in [0.15, 0.2) is 34.9 Å². The monoisotopic (exact) mass is 268 g/mol. The van der Waals surface area contributed by atoms with Gasteiger partial charge < -0.3 is 9.84 Å². The first-order chi connectivity index (χ1) is 9.73. The third-order valence-electron chi connectivity index (χ3n) is 3.30. The van der Waals surface area contributed by atoms with Crippen molar-refractivity contribution in [2.24, 2.45) is 5.41 Å². The van der Waals surface area contributed by atoms with E-state index in [1.165, 1.54) is 0 Å². The normalized spacial score (nSPS) is 15.3. The summed E-state index contributed by atoms with van der Waals surface area (Å²) in [5.41, 5.74) is 0.0203. The fourth-order valence-corrected chi connectivity index (χ4v) is 1.87. The second-order valence-electron chi connectivity index (χ2n) is 4.75. The number of aromatic nitrogens is 2. The highest BCUT2D eigenvalue weighted by Crippen LogP contribution is 2.44. The highest BCUT2D eigenvalue weighted by Gasteiger charge is 2.50. The van der Waals surface area contributed by atoms with E-state index in [9.17, 15) is 4.79 Å². The maximum absolute atomic E-state index is 11.8. The fraction of sp³-hybridized carbons (Fsp3) is 0.286. The van der Waals surface area contributed by atoms with Crippen molar-refractivity contribution in [2.75, 3.05) is 0 Å². The number of hydrogen-bond acceptors (Lipinski definition) is 5. The largest absolute Gasteiger partial charge is 0.346 e. The van der Waals surface area contributed by atoms with Gasteiger partial charge >= 0.3 is 0 Å². The Hall–Kier alpha value is -2.68. The lowest BCUT2D eigenvalue weighted by molar-refractivity contribution is -0.124. The molecule has 1 aromatic carbocycles. The Labute approximate surface area is 115 Å². The van der Waals surface area contributed by atoms with Gasteiger partial charge in [0.05, 0.1) is 12.6 Å². The van der Waals surface area contributed by atoms with Gasteiger partial charge in [0.1, 0.15) is 5.41 Å². The Morgan fingerprint density at radius 1 is 1.40 bits per heavy atom. The molecule has 1 N–H and O–H groups in total. The molecule has 6 heteroatoms. The lowest BCUT2D eigenvalue weighted by atomic mass is 10.1. The van der Waals surface area contributed by atoms with Crippen LogP contribution in [0.2, 0.25) is 0 Å². The maximum atomic E-state index is 11.8. The zero-order chi connectivity index (χ0) is 14.0. The number of rotatable bonds is 4. The minimum Gasteiger partial charge on any atom is -0.346 e. The number of carbonyl (C=O) groups excluding carboxylic acids is 1. The highest BCUT2D eigenvalue weighted by atomic mass is 16.5. The minimum absolute atomic E-state index is 0.141. The molecule has 0 radical (unpaired) electrons. The van der Waals surface area contributed by atoms with Gasteiger partial charge in [-0.3, -0.25) is 4.79 Å². The average Bonchev–Trinajstić information content (AvgIpc) is 3.17. The average molecular weight is 268 g/mol. The van der Waals surface area contributed by atoms with Gasteiger partial charge in [0, 0.05) is 5.56 Å². The van der Waals surface area contributed by atoms with E-state index in [-0.39, 0.29) is 12.5 Å². The number of hydrogen-bond donors (Lipinski definition) is 1. The van der Waals surface area contributed by atoms with E-state index in [0.717, 1.165) is 5.56 Å². The van der Waals surface area contributed by atoms with Gasteiger partial charge in [-0.05, 0) is 12.8 Å². The lowest BCUT2D eigenvalue weighted by Gasteiger charge is -2.04. The molecular formula is C14H12N4O2. The van der Waals surface area contributed by atoms with Gasteiger partial charge in [-0.1, -0.05) is 35.5 Å². The predicted octanol–water partition coefficient (Wildman–Crippen LogP) is 1.66. The van der Waals surface area contributed by atoms with Crippen LogP contribution in [-0.4, -0.2) is 16.0 Å². The van der Waals surface area contributed by atoms with E-state index < -0.39 is 5.41 Å². The van der Waals surface area contributed by atoms with Crippen LogP contribution in [0.1, 0.15) is 18.7 Å². The Bertz CT molecular complexity index is 668. The third kappa shape index (κ3) is 2.26. The van der Waals surface area contributed by atoms with Crippen LogP contribution in [0.25, 0.3) is 11.4 Å². The summed E-state index contributed by atoms with van der Waals surface area (Å²) in [7, 11) is 0. The van der Waals surface area contributed by atoms with Crippen LogP contribution in [0.5, 0.6) is 0 Å². The molecule has 1 fully saturated rings. The minimum atomic E-state index is -0.831.